The number of nitrogens with zero attached hydrogens (tertiary/aromatic N) is 1. The maximum atomic E-state index is 13.0. The molecule has 2 aromatic rings. The molecule has 0 unspecified atom stereocenters. The zero-order valence-corrected chi connectivity index (χ0v) is 11.1. The van der Waals surface area contributed by atoms with Crippen LogP contribution in [0.3, 0.4) is 0 Å². The summed E-state index contributed by atoms with van der Waals surface area (Å²) in [7, 11) is 0. The lowest BCUT2D eigenvalue weighted by Gasteiger charge is -2.22. The summed E-state index contributed by atoms with van der Waals surface area (Å²) in [5.41, 5.74) is 6.80. The molecule has 3 nitrogen and oxygen atoms in total. The second-order valence-electron chi connectivity index (χ2n) is 4.44. The average molecular weight is 272 g/mol. The Morgan fingerprint density at radius 1 is 1.05 bits per heavy atom. The van der Waals surface area contributed by atoms with Gasteiger partial charge in [-0.2, -0.15) is 0 Å². The Labute approximate surface area is 117 Å². The Balaban J connectivity index is 2.27. The predicted molar refractivity (Wildman–Crippen MR) is 78.2 cm³/mol. The molecule has 0 spiro atoms. The lowest BCUT2D eigenvalue weighted by Crippen LogP contribution is -2.32. The van der Waals surface area contributed by atoms with Gasteiger partial charge in [0, 0.05) is 17.8 Å². The monoisotopic (exact) mass is 272 g/mol. The summed E-state index contributed by atoms with van der Waals surface area (Å²) in [6, 6.07) is 14.9. The summed E-state index contributed by atoms with van der Waals surface area (Å²) in [6.45, 7) is 1.01. The van der Waals surface area contributed by atoms with Crippen molar-refractivity contribution in [2.75, 3.05) is 18.0 Å². The van der Waals surface area contributed by atoms with Crippen LogP contribution in [0.25, 0.3) is 0 Å². The SMILES string of the molecule is NCCCN(C(=O)c1ccccc1)c1ccc(F)cc1. The number of carbonyl (C=O) groups excluding carboxylic acids is 1. The van der Waals surface area contributed by atoms with Crippen molar-refractivity contribution in [3.63, 3.8) is 0 Å². The molecule has 0 saturated heterocycles. The van der Waals surface area contributed by atoms with Gasteiger partial charge in [-0.05, 0) is 49.4 Å². The molecule has 0 aliphatic rings. The fourth-order valence-electron chi connectivity index (χ4n) is 1.95. The third-order valence-electron chi connectivity index (χ3n) is 2.99. The minimum absolute atomic E-state index is 0.106. The number of halogens is 1. The number of hydrogen-bond donors (Lipinski definition) is 1. The largest absolute Gasteiger partial charge is 0.330 e. The number of nitrogens with two attached hydrogens (primary N) is 1. The summed E-state index contributed by atoms with van der Waals surface area (Å²) >= 11 is 0. The molecule has 4 heteroatoms. The van der Waals surface area contributed by atoms with E-state index >= 15 is 0 Å². The fourth-order valence-corrected chi connectivity index (χ4v) is 1.95. The van der Waals surface area contributed by atoms with E-state index in [4.69, 9.17) is 5.73 Å². The Bertz CT molecular complexity index is 554. The van der Waals surface area contributed by atoms with E-state index in [1.165, 1.54) is 12.1 Å². The van der Waals surface area contributed by atoms with Crippen molar-refractivity contribution in [1.29, 1.82) is 0 Å². The van der Waals surface area contributed by atoms with Crippen LogP contribution in [0.1, 0.15) is 16.8 Å². The summed E-state index contributed by atoms with van der Waals surface area (Å²) < 4.78 is 13.0. The zero-order chi connectivity index (χ0) is 14.4. The van der Waals surface area contributed by atoms with E-state index in [1.807, 2.05) is 18.2 Å². The van der Waals surface area contributed by atoms with Crippen molar-refractivity contribution in [3.05, 3.63) is 66.0 Å². The van der Waals surface area contributed by atoms with Gasteiger partial charge in [0.2, 0.25) is 0 Å². The van der Waals surface area contributed by atoms with Crippen molar-refractivity contribution < 1.29 is 9.18 Å². The Morgan fingerprint density at radius 3 is 2.30 bits per heavy atom. The summed E-state index contributed by atoms with van der Waals surface area (Å²) in [5.74, 6) is -0.426. The van der Waals surface area contributed by atoms with Gasteiger partial charge in [-0.1, -0.05) is 18.2 Å². The van der Waals surface area contributed by atoms with Crippen LogP contribution in [0.15, 0.2) is 54.6 Å². The smallest absolute Gasteiger partial charge is 0.258 e. The molecule has 2 N–H and O–H groups in total. The van der Waals surface area contributed by atoms with Crippen LogP contribution in [0.4, 0.5) is 10.1 Å². The number of carbonyl (C=O) groups is 1. The predicted octanol–water partition coefficient (Wildman–Crippen LogP) is 2.82. The normalized spacial score (nSPS) is 10.3. The fraction of sp³-hybridized carbons (Fsp3) is 0.188. The molecule has 0 aliphatic heterocycles. The number of rotatable bonds is 5. The van der Waals surface area contributed by atoms with Gasteiger partial charge in [-0.25, -0.2) is 4.39 Å². The van der Waals surface area contributed by atoms with Crippen molar-refractivity contribution in [2.24, 2.45) is 5.73 Å². The van der Waals surface area contributed by atoms with Crippen LogP contribution in [0.5, 0.6) is 0 Å². The highest BCUT2D eigenvalue weighted by atomic mass is 19.1. The summed E-state index contributed by atoms with van der Waals surface area (Å²) in [5, 5.41) is 0. The number of benzene rings is 2. The van der Waals surface area contributed by atoms with Gasteiger partial charge in [0.1, 0.15) is 5.82 Å². The molecule has 0 bridgehead atoms. The van der Waals surface area contributed by atoms with Crippen LogP contribution in [-0.4, -0.2) is 19.0 Å². The molecule has 0 atom stereocenters. The lowest BCUT2D eigenvalue weighted by atomic mass is 10.1. The highest BCUT2D eigenvalue weighted by Crippen LogP contribution is 2.18. The van der Waals surface area contributed by atoms with Crippen LogP contribution < -0.4 is 10.6 Å². The van der Waals surface area contributed by atoms with Gasteiger partial charge in [0.15, 0.2) is 0 Å². The maximum Gasteiger partial charge on any atom is 0.258 e. The van der Waals surface area contributed by atoms with Crippen LogP contribution in [0.2, 0.25) is 0 Å². The lowest BCUT2D eigenvalue weighted by molar-refractivity contribution is 0.0987. The number of amides is 1. The first kappa shape index (κ1) is 14.2. The van der Waals surface area contributed by atoms with E-state index in [0.29, 0.717) is 30.8 Å². The molecule has 104 valence electrons. The average Bonchev–Trinajstić information content (AvgIpc) is 2.50. The molecule has 0 aromatic heterocycles. The first-order chi connectivity index (χ1) is 9.72. The zero-order valence-electron chi connectivity index (χ0n) is 11.1. The molecular formula is C16H17FN2O. The minimum atomic E-state index is -0.320. The van der Waals surface area contributed by atoms with Crippen molar-refractivity contribution in [3.8, 4) is 0 Å². The van der Waals surface area contributed by atoms with Crippen LogP contribution in [-0.2, 0) is 0 Å². The van der Waals surface area contributed by atoms with E-state index in [0.717, 1.165) is 0 Å². The minimum Gasteiger partial charge on any atom is -0.330 e. The first-order valence-electron chi connectivity index (χ1n) is 6.55. The van der Waals surface area contributed by atoms with E-state index in [1.54, 1.807) is 29.2 Å². The van der Waals surface area contributed by atoms with Gasteiger partial charge in [-0.3, -0.25) is 4.79 Å². The van der Waals surface area contributed by atoms with Crippen molar-refractivity contribution >= 4 is 11.6 Å². The Kier molecular flexibility index (Phi) is 4.85. The van der Waals surface area contributed by atoms with Crippen LogP contribution >= 0.6 is 0 Å². The number of hydrogen-bond acceptors (Lipinski definition) is 2. The maximum absolute atomic E-state index is 13.0. The topological polar surface area (TPSA) is 46.3 Å². The molecule has 0 radical (unpaired) electrons. The molecule has 0 saturated carbocycles. The summed E-state index contributed by atoms with van der Waals surface area (Å²) in [4.78, 5) is 14.2. The molecule has 2 rings (SSSR count). The third-order valence-corrected chi connectivity index (χ3v) is 2.99. The van der Waals surface area contributed by atoms with E-state index in [9.17, 15) is 9.18 Å². The molecule has 2 aromatic carbocycles. The highest BCUT2D eigenvalue weighted by molar-refractivity contribution is 6.06. The third kappa shape index (κ3) is 3.42. The Morgan fingerprint density at radius 2 is 1.70 bits per heavy atom. The van der Waals surface area contributed by atoms with Crippen molar-refractivity contribution in [1.82, 2.24) is 0 Å². The standard InChI is InChI=1S/C16H17FN2O/c17-14-7-9-15(10-8-14)19(12-4-11-18)16(20)13-5-2-1-3-6-13/h1-3,5-10H,4,11-12,18H2. The first-order valence-corrected chi connectivity index (χ1v) is 6.55. The van der Waals surface area contributed by atoms with Crippen molar-refractivity contribution in [2.45, 2.75) is 6.42 Å². The van der Waals surface area contributed by atoms with Gasteiger partial charge in [0.05, 0.1) is 0 Å². The Hall–Kier alpha value is -2.20. The second kappa shape index (κ2) is 6.82. The van der Waals surface area contributed by atoms with E-state index < -0.39 is 0 Å². The highest BCUT2D eigenvalue weighted by Gasteiger charge is 2.16. The van der Waals surface area contributed by atoms with E-state index in [2.05, 4.69) is 0 Å². The van der Waals surface area contributed by atoms with Crippen LogP contribution in [0, 0.1) is 5.82 Å². The molecule has 0 aliphatic carbocycles. The van der Waals surface area contributed by atoms with Gasteiger partial charge in [-0.15, -0.1) is 0 Å². The van der Waals surface area contributed by atoms with Gasteiger partial charge < -0.3 is 10.6 Å². The number of anilines is 1. The molecule has 20 heavy (non-hydrogen) atoms. The second-order valence-corrected chi connectivity index (χ2v) is 4.44. The molecule has 0 fully saturated rings. The van der Waals surface area contributed by atoms with Gasteiger partial charge in [0.25, 0.3) is 5.91 Å². The molecule has 1 amide bonds. The quantitative estimate of drug-likeness (QED) is 0.909. The van der Waals surface area contributed by atoms with Gasteiger partial charge >= 0.3 is 0 Å². The summed E-state index contributed by atoms with van der Waals surface area (Å²) in [6.07, 6.45) is 0.690. The molecule has 0 heterocycles. The van der Waals surface area contributed by atoms with E-state index in [-0.39, 0.29) is 11.7 Å². The molecular weight excluding hydrogens is 255 g/mol.